The molecule has 0 radical (unpaired) electrons. The molecule has 1 aliphatic rings. The minimum atomic E-state index is -0.348. The molecule has 3 N–H and O–H groups in total. The molecule has 1 aromatic rings. The number of amides is 3. The smallest absolute Gasteiger partial charge is 0.324 e. The van der Waals surface area contributed by atoms with Gasteiger partial charge in [-0.1, -0.05) is 18.2 Å². The fourth-order valence-corrected chi connectivity index (χ4v) is 1.63. The second-order valence-corrected chi connectivity index (χ2v) is 3.72. The van der Waals surface area contributed by atoms with Gasteiger partial charge < -0.3 is 10.6 Å². The topological polar surface area (TPSA) is 75.4 Å². The second kappa shape index (κ2) is 4.22. The second-order valence-electron chi connectivity index (χ2n) is 3.72. The van der Waals surface area contributed by atoms with E-state index in [1.165, 1.54) is 0 Å². The normalized spacial score (nSPS) is 16.1. The molecule has 1 saturated heterocycles. The number of benzene rings is 1. The van der Waals surface area contributed by atoms with E-state index in [1.807, 2.05) is 18.2 Å². The van der Waals surface area contributed by atoms with Crippen molar-refractivity contribution in [1.82, 2.24) is 10.2 Å². The van der Waals surface area contributed by atoms with E-state index in [9.17, 15) is 9.59 Å². The minimum Gasteiger partial charge on any atom is -0.398 e. The van der Waals surface area contributed by atoms with E-state index in [0.29, 0.717) is 25.2 Å². The fraction of sp³-hybridized carbons (Fsp3) is 0.273. The van der Waals surface area contributed by atoms with Crippen LogP contribution in [0.15, 0.2) is 24.3 Å². The Morgan fingerprint density at radius 1 is 1.31 bits per heavy atom. The molecular formula is C11H13N3O2. The average Bonchev–Trinajstić information content (AvgIpc) is 2.25. The maximum Gasteiger partial charge on any atom is 0.324 e. The van der Waals surface area contributed by atoms with Gasteiger partial charge in [0.1, 0.15) is 0 Å². The monoisotopic (exact) mass is 219 g/mol. The summed E-state index contributed by atoms with van der Waals surface area (Å²) in [4.78, 5) is 24.0. The number of nitrogens with zero attached hydrogens (tertiary/aromatic N) is 1. The molecule has 3 amide bonds. The Morgan fingerprint density at radius 2 is 2.06 bits per heavy atom. The molecule has 0 unspecified atom stereocenters. The van der Waals surface area contributed by atoms with Crippen molar-refractivity contribution in [3.8, 4) is 0 Å². The van der Waals surface area contributed by atoms with Gasteiger partial charge in [-0.2, -0.15) is 0 Å². The fourth-order valence-electron chi connectivity index (χ4n) is 1.63. The number of anilines is 1. The zero-order chi connectivity index (χ0) is 11.5. The number of urea groups is 1. The van der Waals surface area contributed by atoms with Gasteiger partial charge >= 0.3 is 6.03 Å². The molecule has 5 heteroatoms. The third kappa shape index (κ3) is 2.13. The summed E-state index contributed by atoms with van der Waals surface area (Å²) in [5, 5.41) is 2.28. The summed E-state index contributed by atoms with van der Waals surface area (Å²) in [5.41, 5.74) is 7.34. The molecule has 0 aromatic heterocycles. The van der Waals surface area contributed by atoms with Crippen molar-refractivity contribution in [3.63, 3.8) is 0 Å². The van der Waals surface area contributed by atoms with Crippen LogP contribution < -0.4 is 11.1 Å². The molecule has 0 saturated carbocycles. The molecular weight excluding hydrogens is 206 g/mol. The summed E-state index contributed by atoms with van der Waals surface area (Å²) in [7, 11) is 0. The third-order valence-electron chi connectivity index (χ3n) is 2.56. The Morgan fingerprint density at radius 3 is 2.75 bits per heavy atom. The number of nitrogens with two attached hydrogens (primary N) is 1. The molecule has 1 aliphatic heterocycles. The Bertz CT molecular complexity index is 431. The van der Waals surface area contributed by atoms with Crippen LogP contribution >= 0.6 is 0 Å². The average molecular weight is 219 g/mol. The van der Waals surface area contributed by atoms with Crippen LogP contribution in [0.25, 0.3) is 0 Å². The summed E-state index contributed by atoms with van der Waals surface area (Å²) in [6, 6.07) is 7.04. The molecule has 1 aromatic carbocycles. The molecule has 16 heavy (non-hydrogen) atoms. The summed E-state index contributed by atoms with van der Waals surface area (Å²) in [6.45, 7) is 0.880. The van der Waals surface area contributed by atoms with Gasteiger partial charge in [-0.15, -0.1) is 0 Å². The van der Waals surface area contributed by atoms with Gasteiger partial charge in [0.25, 0.3) is 0 Å². The molecule has 0 aliphatic carbocycles. The molecule has 0 atom stereocenters. The molecule has 0 spiro atoms. The maximum absolute atomic E-state index is 11.5. The largest absolute Gasteiger partial charge is 0.398 e. The highest BCUT2D eigenvalue weighted by Gasteiger charge is 2.22. The summed E-state index contributed by atoms with van der Waals surface area (Å²) < 4.78 is 0. The first kappa shape index (κ1) is 10.5. The highest BCUT2D eigenvalue weighted by molar-refractivity contribution is 5.96. The predicted molar refractivity (Wildman–Crippen MR) is 59.4 cm³/mol. The van der Waals surface area contributed by atoms with E-state index in [2.05, 4.69) is 5.32 Å². The summed E-state index contributed by atoms with van der Waals surface area (Å²) in [6.07, 6.45) is 0.346. The number of nitrogen functional groups attached to an aromatic ring is 1. The van der Waals surface area contributed by atoms with Crippen LogP contribution in [0.2, 0.25) is 0 Å². The van der Waals surface area contributed by atoms with E-state index in [4.69, 9.17) is 5.73 Å². The van der Waals surface area contributed by atoms with Gasteiger partial charge in [-0.05, 0) is 11.6 Å². The predicted octanol–water partition coefficient (Wildman–Crippen LogP) is 0.711. The Kier molecular flexibility index (Phi) is 2.76. The first-order valence-corrected chi connectivity index (χ1v) is 5.09. The number of para-hydroxylation sites is 1. The zero-order valence-corrected chi connectivity index (χ0v) is 8.77. The first-order valence-electron chi connectivity index (χ1n) is 5.09. The van der Waals surface area contributed by atoms with Crippen molar-refractivity contribution in [2.45, 2.75) is 13.0 Å². The van der Waals surface area contributed by atoms with Gasteiger partial charge in [0.2, 0.25) is 5.91 Å². The van der Waals surface area contributed by atoms with Crippen molar-refractivity contribution < 1.29 is 9.59 Å². The van der Waals surface area contributed by atoms with Gasteiger partial charge in [-0.3, -0.25) is 10.1 Å². The van der Waals surface area contributed by atoms with Crippen LogP contribution in [0.4, 0.5) is 10.5 Å². The van der Waals surface area contributed by atoms with Crippen LogP contribution in [0, 0.1) is 0 Å². The number of hydrogen-bond donors (Lipinski definition) is 2. The highest BCUT2D eigenvalue weighted by Crippen LogP contribution is 2.14. The van der Waals surface area contributed by atoms with Crippen molar-refractivity contribution in [2.75, 3.05) is 12.3 Å². The maximum atomic E-state index is 11.5. The van der Waals surface area contributed by atoms with Crippen molar-refractivity contribution >= 4 is 17.6 Å². The van der Waals surface area contributed by atoms with Crippen molar-refractivity contribution in [1.29, 1.82) is 0 Å². The molecule has 2 rings (SSSR count). The first-order chi connectivity index (χ1) is 7.66. The van der Waals surface area contributed by atoms with Gasteiger partial charge in [0.15, 0.2) is 0 Å². The Hall–Kier alpha value is -2.04. The number of carbonyl (C=O) groups excluding carboxylic acids is 2. The van der Waals surface area contributed by atoms with Gasteiger partial charge in [0, 0.05) is 25.2 Å². The van der Waals surface area contributed by atoms with E-state index < -0.39 is 0 Å². The number of carbonyl (C=O) groups is 2. The zero-order valence-electron chi connectivity index (χ0n) is 8.77. The third-order valence-corrected chi connectivity index (χ3v) is 2.56. The lowest BCUT2D eigenvalue weighted by Crippen LogP contribution is -2.48. The lowest BCUT2D eigenvalue weighted by molar-refractivity contribution is -0.121. The standard InChI is InChI=1S/C11H13N3O2/c12-9-4-2-1-3-8(9)7-14-6-5-10(15)13-11(14)16/h1-4H,5-7,12H2,(H,13,15,16). The summed E-state index contributed by atoms with van der Waals surface area (Å²) in [5.74, 6) is -0.220. The minimum absolute atomic E-state index is 0.220. The number of hydrogen-bond acceptors (Lipinski definition) is 3. The molecule has 0 bridgehead atoms. The van der Waals surface area contributed by atoms with Crippen molar-refractivity contribution in [2.24, 2.45) is 0 Å². The quantitative estimate of drug-likeness (QED) is 0.719. The van der Waals surface area contributed by atoms with Crippen LogP contribution in [0.3, 0.4) is 0 Å². The number of rotatable bonds is 2. The number of nitrogens with one attached hydrogen (secondary N) is 1. The lowest BCUT2D eigenvalue weighted by Gasteiger charge is -2.26. The molecule has 5 nitrogen and oxygen atoms in total. The number of imide groups is 1. The van der Waals surface area contributed by atoms with E-state index in [1.54, 1.807) is 11.0 Å². The van der Waals surface area contributed by atoms with Crippen LogP contribution in [0.1, 0.15) is 12.0 Å². The Labute approximate surface area is 93.2 Å². The molecule has 1 heterocycles. The Balaban J connectivity index is 2.08. The van der Waals surface area contributed by atoms with E-state index >= 15 is 0 Å². The SMILES string of the molecule is Nc1ccccc1CN1CCC(=O)NC1=O. The molecule has 1 fully saturated rings. The van der Waals surface area contributed by atoms with Crippen LogP contribution in [-0.2, 0) is 11.3 Å². The van der Waals surface area contributed by atoms with Gasteiger partial charge in [0.05, 0.1) is 0 Å². The molecule has 84 valence electrons. The van der Waals surface area contributed by atoms with E-state index in [-0.39, 0.29) is 11.9 Å². The van der Waals surface area contributed by atoms with E-state index in [0.717, 1.165) is 5.56 Å². The van der Waals surface area contributed by atoms with Crippen LogP contribution in [-0.4, -0.2) is 23.4 Å². The highest BCUT2D eigenvalue weighted by atomic mass is 16.2. The van der Waals surface area contributed by atoms with Gasteiger partial charge in [-0.25, -0.2) is 4.79 Å². The summed E-state index contributed by atoms with van der Waals surface area (Å²) >= 11 is 0. The van der Waals surface area contributed by atoms with Crippen molar-refractivity contribution in [3.05, 3.63) is 29.8 Å². The lowest BCUT2D eigenvalue weighted by atomic mass is 10.1. The van der Waals surface area contributed by atoms with Crippen LogP contribution in [0.5, 0.6) is 0 Å².